The van der Waals surface area contributed by atoms with E-state index in [2.05, 4.69) is 15.0 Å². The van der Waals surface area contributed by atoms with E-state index in [9.17, 15) is 4.79 Å². The van der Waals surface area contributed by atoms with Gasteiger partial charge in [0, 0.05) is 14.2 Å². The zero-order valence-corrected chi connectivity index (χ0v) is 12.7. The monoisotopic (exact) mass is 323 g/mol. The Kier molecular flexibility index (Phi) is 3.17. The van der Waals surface area contributed by atoms with Crippen LogP contribution in [0.15, 0.2) is 11.1 Å². The highest BCUT2D eigenvalue weighted by Crippen LogP contribution is 2.46. The van der Waals surface area contributed by atoms with Crippen molar-refractivity contribution in [3.63, 3.8) is 0 Å². The van der Waals surface area contributed by atoms with Gasteiger partial charge in [0.1, 0.15) is 17.8 Å². The van der Waals surface area contributed by atoms with Crippen LogP contribution in [0.3, 0.4) is 0 Å². The molecule has 0 aliphatic carbocycles. The van der Waals surface area contributed by atoms with Gasteiger partial charge in [-0.25, -0.2) is 4.98 Å². The summed E-state index contributed by atoms with van der Waals surface area (Å²) in [6, 6.07) is 0. The first-order valence-electron chi connectivity index (χ1n) is 7.13. The van der Waals surface area contributed by atoms with Gasteiger partial charge in [-0.05, 0) is 0 Å². The van der Waals surface area contributed by atoms with Gasteiger partial charge in [-0.15, -0.1) is 0 Å². The van der Waals surface area contributed by atoms with Crippen LogP contribution in [0, 0.1) is 0 Å². The molecular formula is C13H17N5O5. The minimum atomic E-state index is -0.692. The summed E-state index contributed by atoms with van der Waals surface area (Å²) in [5.74, 6) is 0.0169. The summed E-state index contributed by atoms with van der Waals surface area (Å²) in [6.07, 6.45) is 0.329. The molecule has 2 aliphatic heterocycles. The van der Waals surface area contributed by atoms with Gasteiger partial charge in [0.25, 0.3) is 5.56 Å². The van der Waals surface area contributed by atoms with Crippen molar-refractivity contribution in [1.29, 1.82) is 0 Å². The molecule has 124 valence electrons. The lowest BCUT2D eigenvalue weighted by molar-refractivity contribution is -0.189. The van der Waals surface area contributed by atoms with Crippen molar-refractivity contribution in [3.05, 3.63) is 16.7 Å². The Labute approximate surface area is 130 Å². The average Bonchev–Trinajstić information content (AvgIpc) is 3.15. The van der Waals surface area contributed by atoms with Gasteiger partial charge in [-0.1, -0.05) is 0 Å². The number of nitrogens with zero attached hydrogens (tertiary/aromatic N) is 3. The van der Waals surface area contributed by atoms with Gasteiger partial charge in [0.2, 0.25) is 5.95 Å². The van der Waals surface area contributed by atoms with Crippen molar-refractivity contribution in [1.82, 2.24) is 19.5 Å². The van der Waals surface area contributed by atoms with Crippen LogP contribution in [0.1, 0.15) is 6.23 Å². The highest BCUT2D eigenvalue weighted by molar-refractivity contribution is 5.70. The van der Waals surface area contributed by atoms with Gasteiger partial charge >= 0.3 is 0 Å². The average molecular weight is 323 g/mol. The van der Waals surface area contributed by atoms with Crippen LogP contribution in [0.2, 0.25) is 0 Å². The summed E-state index contributed by atoms with van der Waals surface area (Å²) in [4.78, 5) is 22.6. The molecule has 3 N–H and O–H groups in total. The Morgan fingerprint density at radius 3 is 3.13 bits per heavy atom. The van der Waals surface area contributed by atoms with E-state index in [4.69, 9.17) is 24.7 Å². The summed E-state index contributed by atoms with van der Waals surface area (Å²) in [5, 5.41) is 0. The molecular weight excluding hydrogens is 306 g/mol. The number of nitrogens with one attached hydrogen (secondary N) is 1. The number of nitrogen functional groups attached to an aromatic ring is 1. The Hall–Kier alpha value is -2.01. The summed E-state index contributed by atoms with van der Waals surface area (Å²) in [6.45, 7) is 0.713. The van der Waals surface area contributed by atoms with Gasteiger partial charge in [0.15, 0.2) is 17.4 Å². The molecule has 2 fully saturated rings. The normalized spacial score (nSPS) is 32.9. The number of H-pyrrole nitrogens is 1. The molecule has 1 unspecified atom stereocenters. The van der Waals surface area contributed by atoms with Crippen molar-refractivity contribution in [2.24, 2.45) is 0 Å². The predicted molar refractivity (Wildman–Crippen MR) is 77.8 cm³/mol. The Bertz CT molecular complexity index is 804. The molecule has 2 aromatic heterocycles. The van der Waals surface area contributed by atoms with Gasteiger partial charge in [-0.3, -0.25) is 14.3 Å². The second-order valence-electron chi connectivity index (χ2n) is 5.71. The van der Waals surface area contributed by atoms with Gasteiger partial charge in [0.05, 0.1) is 19.5 Å². The highest BCUT2D eigenvalue weighted by Gasteiger charge is 2.63. The number of nitrogens with two attached hydrogens (primary N) is 1. The molecule has 10 nitrogen and oxygen atoms in total. The number of hydrogen-bond acceptors (Lipinski definition) is 8. The highest BCUT2D eigenvalue weighted by atomic mass is 16.7. The number of fused-ring (bicyclic) bond motifs is 3. The molecule has 2 aliphatic rings. The third-order valence-corrected chi connectivity index (χ3v) is 4.34. The van der Waals surface area contributed by atoms with Crippen LogP contribution in [-0.2, 0) is 18.9 Å². The fraction of sp³-hybridized carbons (Fsp3) is 0.615. The van der Waals surface area contributed by atoms with E-state index >= 15 is 0 Å². The van der Waals surface area contributed by atoms with Crippen LogP contribution < -0.4 is 11.3 Å². The zero-order valence-electron chi connectivity index (χ0n) is 12.7. The SMILES string of the molecule is COC[C@@]12COC([C@H](n3cnc4c(=O)[nH]c(N)nc43)O1)[C@H]2OC. The van der Waals surface area contributed by atoms with Crippen molar-refractivity contribution >= 4 is 17.1 Å². The number of rotatable bonds is 4. The first-order chi connectivity index (χ1) is 11.1. The number of methoxy groups -OCH3 is 2. The maximum atomic E-state index is 11.9. The number of imidazole rings is 1. The minimum absolute atomic E-state index is 0.0169. The molecule has 0 saturated carbocycles. The first-order valence-corrected chi connectivity index (χ1v) is 7.13. The quantitative estimate of drug-likeness (QED) is 0.736. The van der Waals surface area contributed by atoms with E-state index in [-0.39, 0.29) is 23.7 Å². The van der Waals surface area contributed by atoms with Crippen LogP contribution in [-0.4, -0.2) is 64.8 Å². The Morgan fingerprint density at radius 2 is 2.39 bits per heavy atom. The number of ether oxygens (including phenoxy) is 4. The largest absolute Gasteiger partial charge is 0.381 e. The van der Waals surface area contributed by atoms with E-state index < -0.39 is 17.4 Å². The zero-order chi connectivity index (χ0) is 16.2. The molecule has 2 saturated heterocycles. The van der Waals surface area contributed by atoms with Crippen molar-refractivity contribution in [2.75, 3.05) is 33.2 Å². The number of anilines is 1. The number of hydrogen-bond donors (Lipinski definition) is 2. The summed E-state index contributed by atoms with van der Waals surface area (Å²) in [7, 11) is 3.20. The minimum Gasteiger partial charge on any atom is -0.381 e. The summed E-state index contributed by atoms with van der Waals surface area (Å²) in [5.41, 5.74) is 5.08. The van der Waals surface area contributed by atoms with E-state index in [0.717, 1.165) is 0 Å². The number of aromatic nitrogens is 4. The standard InChI is InChI=1S/C13H17N5O5/c1-20-3-13-4-22-7(8(13)21-2)11(23-13)18-5-15-6-9(18)16-12(14)17-10(6)19/h5,7-8,11H,3-4H2,1-2H3,(H3,14,16,17,19)/t7?,8-,11-,13+/m1/s1. The number of aromatic amines is 1. The lowest BCUT2D eigenvalue weighted by Gasteiger charge is -2.30. The third kappa shape index (κ3) is 1.92. The first kappa shape index (κ1) is 14.6. The van der Waals surface area contributed by atoms with Gasteiger partial charge < -0.3 is 24.7 Å². The Morgan fingerprint density at radius 1 is 1.57 bits per heavy atom. The second kappa shape index (κ2) is 4.99. The smallest absolute Gasteiger partial charge is 0.280 e. The molecule has 2 bridgehead atoms. The summed E-state index contributed by atoms with van der Waals surface area (Å²) >= 11 is 0. The molecule has 0 radical (unpaired) electrons. The van der Waals surface area contributed by atoms with Gasteiger partial charge in [-0.2, -0.15) is 4.98 Å². The Balaban J connectivity index is 1.79. The van der Waals surface area contributed by atoms with Crippen LogP contribution in [0.25, 0.3) is 11.2 Å². The van der Waals surface area contributed by atoms with Crippen molar-refractivity contribution in [3.8, 4) is 0 Å². The molecule has 0 aromatic carbocycles. The molecule has 0 spiro atoms. The maximum Gasteiger partial charge on any atom is 0.280 e. The topological polar surface area (TPSA) is 127 Å². The molecule has 4 heterocycles. The molecule has 4 atom stereocenters. The van der Waals surface area contributed by atoms with E-state index in [1.165, 1.54) is 6.33 Å². The second-order valence-corrected chi connectivity index (χ2v) is 5.71. The fourth-order valence-electron chi connectivity index (χ4n) is 3.44. The molecule has 10 heteroatoms. The molecule has 2 aromatic rings. The fourth-order valence-corrected chi connectivity index (χ4v) is 3.44. The van der Waals surface area contributed by atoms with E-state index in [1.54, 1.807) is 18.8 Å². The lowest BCUT2D eigenvalue weighted by atomic mass is 10.0. The van der Waals surface area contributed by atoms with Crippen LogP contribution in [0.5, 0.6) is 0 Å². The molecule has 4 rings (SSSR count). The van der Waals surface area contributed by atoms with E-state index in [0.29, 0.717) is 18.9 Å². The predicted octanol–water partition coefficient (Wildman–Crippen LogP) is -0.970. The molecule has 0 amide bonds. The van der Waals surface area contributed by atoms with Crippen LogP contribution in [0.4, 0.5) is 5.95 Å². The maximum absolute atomic E-state index is 11.9. The third-order valence-electron chi connectivity index (χ3n) is 4.34. The lowest BCUT2D eigenvalue weighted by Crippen LogP contribution is -2.45. The van der Waals surface area contributed by atoms with Crippen LogP contribution >= 0.6 is 0 Å². The molecule has 23 heavy (non-hydrogen) atoms. The van der Waals surface area contributed by atoms with Crippen molar-refractivity contribution < 1.29 is 18.9 Å². The van der Waals surface area contributed by atoms with E-state index in [1.807, 2.05) is 0 Å². The van der Waals surface area contributed by atoms with Crippen molar-refractivity contribution in [2.45, 2.75) is 24.0 Å². The summed E-state index contributed by atoms with van der Waals surface area (Å²) < 4.78 is 24.5.